The third kappa shape index (κ3) is 23.7. The molecule has 0 spiro atoms. The number of amides is 11. The van der Waals surface area contributed by atoms with Crippen LogP contribution in [0.5, 0.6) is 0 Å². The van der Waals surface area contributed by atoms with Crippen molar-refractivity contribution in [2.75, 3.05) is 69.8 Å². The van der Waals surface area contributed by atoms with Crippen LogP contribution in [0.25, 0.3) is 0 Å². The van der Waals surface area contributed by atoms with Gasteiger partial charge in [0.1, 0.15) is 60.4 Å². The van der Waals surface area contributed by atoms with Crippen molar-refractivity contribution in [1.82, 2.24) is 55.6 Å². The average molecular weight is 1280 g/mol. The van der Waals surface area contributed by atoms with E-state index in [4.69, 9.17) is 9.47 Å². The van der Waals surface area contributed by atoms with Crippen LogP contribution in [0.3, 0.4) is 0 Å². The van der Waals surface area contributed by atoms with Gasteiger partial charge in [-0.1, -0.05) is 96.9 Å². The summed E-state index contributed by atoms with van der Waals surface area (Å²) in [4.78, 5) is 182. The highest BCUT2D eigenvalue weighted by molar-refractivity contribution is 5.99. The Morgan fingerprint density at radius 1 is 0.500 bits per heavy atom. The lowest BCUT2D eigenvalue weighted by Crippen LogP contribution is -2.63. The van der Waals surface area contributed by atoms with Gasteiger partial charge in [0.05, 0.1) is 12.6 Å². The van der Waals surface area contributed by atoms with Crippen LogP contribution < -0.4 is 21.3 Å². The fourth-order valence-electron chi connectivity index (χ4n) is 11.1. The molecule has 0 unspecified atom stereocenters. The van der Waals surface area contributed by atoms with Gasteiger partial charge in [0.25, 0.3) is 0 Å². The van der Waals surface area contributed by atoms with Crippen LogP contribution in [0.1, 0.15) is 162 Å². The van der Waals surface area contributed by atoms with Crippen LogP contribution in [0.4, 0.5) is 0 Å². The highest BCUT2D eigenvalue weighted by Gasteiger charge is 2.46. The largest absolute Gasteiger partial charge is 0.438 e. The number of rotatable bonds is 19. The zero-order valence-corrected chi connectivity index (χ0v) is 58.8. The van der Waals surface area contributed by atoms with E-state index in [0.29, 0.717) is 0 Å². The highest BCUT2D eigenvalue weighted by atomic mass is 16.7. The first-order valence-corrected chi connectivity index (χ1v) is 32.0. The molecule has 0 saturated carbocycles. The van der Waals surface area contributed by atoms with Crippen LogP contribution in [0.15, 0.2) is 0 Å². The lowest BCUT2D eigenvalue weighted by molar-refractivity contribution is -0.157. The van der Waals surface area contributed by atoms with E-state index in [1.807, 2.05) is 55.4 Å². The summed E-state index contributed by atoms with van der Waals surface area (Å²) in [5.41, 5.74) is 0. The van der Waals surface area contributed by atoms with Crippen molar-refractivity contribution in [2.45, 2.75) is 229 Å². The van der Waals surface area contributed by atoms with Gasteiger partial charge in [0, 0.05) is 62.9 Å². The Morgan fingerprint density at radius 2 is 0.933 bits per heavy atom. The summed E-state index contributed by atoms with van der Waals surface area (Å²) in [5.74, 6) is -11.0. The molecule has 0 aromatic rings. The van der Waals surface area contributed by atoms with Gasteiger partial charge in [-0.15, -0.1) is 0 Å². The van der Waals surface area contributed by atoms with Gasteiger partial charge in [-0.25, -0.2) is 0 Å². The fourth-order valence-corrected chi connectivity index (χ4v) is 11.1. The van der Waals surface area contributed by atoms with Crippen molar-refractivity contribution in [1.29, 1.82) is 0 Å². The molecule has 0 bridgehead atoms. The maximum Gasteiger partial charge on any atom is 0.307 e. The Bertz CT molecular complexity index is 2440. The Hall–Kier alpha value is -6.44. The quantitative estimate of drug-likeness (QED) is 0.0917. The topological polar surface area (TPSA) is 314 Å². The van der Waals surface area contributed by atoms with Crippen LogP contribution in [-0.2, 0) is 67.0 Å². The average Bonchev–Trinajstić information content (AvgIpc) is 1.04. The Labute approximate surface area is 536 Å². The number of carbonyl (C=O) groups is 12. The Kier molecular flexibility index (Phi) is 34.2. The van der Waals surface area contributed by atoms with Gasteiger partial charge < -0.3 is 70.1 Å². The minimum Gasteiger partial charge on any atom is -0.438 e. The van der Waals surface area contributed by atoms with E-state index in [1.165, 1.54) is 94.8 Å². The van der Waals surface area contributed by atoms with Crippen LogP contribution >= 0.6 is 0 Å². The van der Waals surface area contributed by atoms with E-state index >= 15 is 14.4 Å². The molecule has 1 heterocycles. The smallest absolute Gasteiger partial charge is 0.307 e. The molecule has 90 heavy (non-hydrogen) atoms. The number of aliphatic hydroxyl groups is 1. The van der Waals surface area contributed by atoms with Crippen molar-refractivity contribution in [3.05, 3.63) is 0 Å². The summed E-state index contributed by atoms with van der Waals surface area (Å²) >= 11 is 0. The van der Waals surface area contributed by atoms with Crippen molar-refractivity contribution < 1.29 is 72.1 Å². The second-order valence-corrected chi connectivity index (χ2v) is 27.1. The number of ether oxygens (including phenoxy) is 2. The van der Waals surface area contributed by atoms with Gasteiger partial charge >= 0.3 is 5.97 Å². The third-order valence-corrected chi connectivity index (χ3v) is 16.7. The SMILES string of the molecule is CC[C@@H]1NC(=O)[C@H]([C@H](O)[C@H](C)CCCC(=O)OCOC)N(C)C(=O)[C@H](C(C)C)N(C)C(=O)[C@H](CC(C)C)N(C)C(=O)[C@H](CC(C)C)N(C)C(=O)[C@@H](C)NC(=O)[C@H](C)NC(=O)[C@H](CC(C)C)N(C)C(=O)[C@H](C(C)C)NC(=O)[C@H](CC(C)C)N(C)C(=O)CN(C)C1=O. The number of hydrogen-bond donors (Lipinski definition) is 5. The van der Waals surface area contributed by atoms with E-state index in [1.54, 1.807) is 41.5 Å². The molecule has 0 aliphatic carbocycles. The summed E-state index contributed by atoms with van der Waals surface area (Å²) in [6.45, 7) is 26.9. The van der Waals surface area contributed by atoms with Gasteiger partial charge in [-0.2, -0.15) is 0 Å². The standard InChI is InChI=1S/C64H115N11O15/c1-25-44-60(84)69(17)33-49(76)70(18)45(29-35(2)3)57(81)68-51(39(10)11)63(87)71(19)46(30-36(4)5)56(80)65-42(15)55(79)66-43(16)59(83)72(20)47(31-37(6)7)61(85)73(21)48(32-38(8)9)62(86)74(22)52(40(12)13)64(88)75(23)53(58(82)67-44)54(78)41(14)27-26-28-50(77)90-34-89-24/h35-48,51-54,78H,25-34H2,1-24H3,(H,65,80)(H,66,79)(H,67,82)(H,68,81)/t41-,42+,43-,44+,45+,46+,47+,48+,51+,52+,53+,54-/m1/s1. The Balaban J connectivity index is 4.34. The normalized spacial score (nSPS) is 25.9. The molecule has 0 aromatic carbocycles. The first-order chi connectivity index (χ1) is 41.6. The molecule has 1 aliphatic heterocycles. The molecule has 1 aliphatic rings. The number of likely N-dealkylation sites (N-methyl/N-ethyl adjacent to an activating group) is 7. The number of esters is 1. The lowest BCUT2D eigenvalue weighted by atomic mass is 9.90. The van der Waals surface area contributed by atoms with E-state index < -0.39 is 162 Å². The number of carbonyl (C=O) groups excluding carboxylic acids is 12. The predicted molar refractivity (Wildman–Crippen MR) is 341 cm³/mol. The predicted octanol–water partition coefficient (Wildman–Crippen LogP) is 2.62. The van der Waals surface area contributed by atoms with Crippen LogP contribution in [0.2, 0.25) is 0 Å². The zero-order chi connectivity index (χ0) is 69.7. The summed E-state index contributed by atoms with van der Waals surface area (Å²) in [6.07, 6.45) is -0.834. The van der Waals surface area contributed by atoms with E-state index in [0.717, 1.165) is 9.80 Å². The maximum atomic E-state index is 15.3. The molecule has 5 N–H and O–H groups in total. The number of aliphatic hydroxyl groups excluding tert-OH is 1. The number of nitrogens with one attached hydrogen (secondary N) is 4. The second-order valence-electron chi connectivity index (χ2n) is 27.1. The molecule has 26 nitrogen and oxygen atoms in total. The van der Waals surface area contributed by atoms with E-state index in [2.05, 4.69) is 21.3 Å². The van der Waals surface area contributed by atoms with Crippen molar-refractivity contribution in [3.63, 3.8) is 0 Å². The lowest BCUT2D eigenvalue weighted by Gasteiger charge is -2.41. The summed E-state index contributed by atoms with van der Waals surface area (Å²) in [5, 5.41) is 23.2. The first kappa shape index (κ1) is 81.6. The Morgan fingerprint density at radius 3 is 1.40 bits per heavy atom. The highest BCUT2D eigenvalue weighted by Crippen LogP contribution is 2.26. The van der Waals surface area contributed by atoms with Crippen molar-refractivity contribution >= 4 is 70.9 Å². The van der Waals surface area contributed by atoms with Crippen molar-refractivity contribution in [2.24, 2.45) is 41.4 Å². The molecule has 516 valence electrons. The van der Waals surface area contributed by atoms with Gasteiger partial charge in [-0.3, -0.25) is 57.5 Å². The van der Waals surface area contributed by atoms with Crippen LogP contribution in [-0.4, -0.2) is 247 Å². The molecule has 0 radical (unpaired) electrons. The molecule has 11 amide bonds. The molecule has 1 saturated heterocycles. The number of nitrogens with zero attached hydrogens (tertiary/aromatic N) is 7. The minimum absolute atomic E-state index is 0.0277. The number of methoxy groups -OCH3 is 1. The summed E-state index contributed by atoms with van der Waals surface area (Å²) < 4.78 is 9.86. The monoisotopic (exact) mass is 1280 g/mol. The number of hydrogen-bond acceptors (Lipinski definition) is 15. The van der Waals surface area contributed by atoms with Gasteiger partial charge in [0.15, 0.2) is 6.79 Å². The summed E-state index contributed by atoms with van der Waals surface area (Å²) in [6, 6.07) is -12.7. The second kappa shape index (κ2) is 37.8. The van der Waals surface area contributed by atoms with Crippen molar-refractivity contribution in [3.8, 4) is 0 Å². The molecule has 12 atom stereocenters. The summed E-state index contributed by atoms with van der Waals surface area (Å²) in [7, 11) is 11.1. The van der Waals surface area contributed by atoms with Crippen LogP contribution in [0, 0.1) is 41.4 Å². The molecule has 1 fully saturated rings. The minimum atomic E-state index is -1.72. The molecular weight excluding hydrogens is 1160 g/mol. The van der Waals surface area contributed by atoms with E-state index in [-0.39, 0.29) is 81.8 Å². The molecule has 1 rings (SSSR count). The first-order valence-electron chi connectivity index (χ1n) is 32.0. The molecular formula is C64H115N11O15. The maximum absolute atomic E-state index is 15.3. The molecule has 26 heteroatoms. The van der Waals surface area contributed by atoms with Gasteiger partial charge in [0.2, 0.25) is 65.0 Å². The van der Waals surface area contributed by atoms with Gasteiger partial charge in [-0.05, 0) is 100 Å². The fraction of sp³-hybridized carbons (Fsp3) is 0.812. The van der Waals surface area contributed by atoms with E-state index in [9.17, 15) is 48.3 Å². The third-order valence-electron chi connectivity index (χ3n) is 16.7. The molecule has 0 aromatic heterocycles. The zero-order valence-electron chi connectivity index (χ0n) is 58.8.